The van der Waals surface area contributed by atoms with Gasteiger partial charge in [-0.3, -0.25) is 0 Å². The highest BCUT2D eigenvalue weighted by Crippen LogP contribution is 2.34. The minimum Gasteiger partial charge on any atom is -0.495 e. The number of aromatic nitrogens is 1. The van der Waals surface area contributed by atoms with Gasteiger partial charge in [0.1, 0.15) is 5.75 Å². The predicted molar refractivity (Wildman–Crippen MR) is 134 cm³/mol. The average Bonchev–Trinajstić information content (AvgIpc) is 3.22. The van der Waals surface area contributed by atoms with Crippen LogP contribution in [0.4, 0.5) is 5.69 Å². The molecule has 4 rings (SSSR count). The summed E-state index contributed by atoms with van der Waals surface area (Å²) in [6.45, 7) is 4.11. The third-order valence-corrected chi connectivity index (χ3v) is 7.87. The number of hydrogen-bond acceptors (Lipinski definition) is 7. The van der Waals surface area contributed by atoms with Gasteiger partial charge in [0.25, 0.3) is 10.0 Å². The molecule has 1 N–H and O–H groups in total. The predicted octanol–water partition coefficient (Wildman–Crippen LogP) is 2.66. The maximum atomic E-state index is 13.9. The van der Waals surface area contributed by atoms with Gasteiger partial charge in [-0.2, -0.15) is 5.26 Å². The summed E-state index contributed by atoms with van der Waals surface area (Å²) in [6.07, 6.45) is 3.32. The fraction of sp³-hybridized carbons (Fsp3) is 0.400. The number of ether oxygens (including phenoxy) is 1. The van der Waals surface area contributed by atoms with Crippen LogP contribution in [0.3, 0.4) is 0 Å². The number of nitriles is 1. The van der Waals surface area contributed by atoms with Crippen LogP contribution in [0, 0.1) is 11.3 Å². The number of piperazine rings is 1. The highest BCUT2D eigenvalue weighted by Gasteiger charge is 2.24. The van der Waals surface area contributed by atoms with Crippen molar-refractivity contribution in [1.29, 1.82) is 5.26 Å². The molecule has 0 bridgehead atoms. The van der Waals surface area contributed by atoms with E-state index in [2.05, 4.69) is 21.2 Å². The first-order valence-electron chi connectivity index (χ1n) is 11.4. The normalized spacial score (nSPS) is 14.5. The van der Waals surface area contributed by atoms with E-state index in [4.69, 9.17) is 4.74 Å². The molecule has 9 heteroatoms. The average molecular weight is 482 g/mol. The lowest BCUT2D eigenvalue weighted by atomic mass is 10.1. The number of anilines is 1. The van der Waals surface area contributed by atoms with Crippen molar-refractivity contribution in [2.75, 3.05) is 58.8 Å². The van der Waals surface area contributed by atoms with E-state index in [0.717, 1.165) is 62.2 Å². The molecule has 2 aromatic carbocycles. The maximum absolute atomic E-state index is 13.9. The maximum Gasteiger partial charge on any atom is 0.268 e. The Bertz CT molecular complexity index is 1320. The lowest BCUT2D eigenvalue weighted by Gasteiger charge is -2.30. The van der Waals surface area contributed by atoms with Gasteiger partial charge in [-0.05, 0) is 75.4 Å². The molecule has 0 unspecified atom stereocenters. The molecular weight excluding hydrogens is 450 g/mol. The number of methoxy groups -OCH3 is 1. The topological polar surface area (TPSA) is 90.6 Å². The molecule has 3 aromatic rings. The first kappa shape index (κ1) is 24.1. The summed E-state index contributed by atoms with van der Waals surface area (Å²) < 4.78 is 34.6. The van der Waals surface area contributed by atoms with Crippen LogP contribution in [0.5, 0.6) is 5.75 Å². The molecule has 1 aliphatic rings. The van der Waals surface area contributed by atoms with Crippen LogP contribution in [-0.2, 0) is 16.4 Å². The molecule has 0 radical (unpaired) electrons. The Morgan fingerprint density at radius 2 is 1.91 bits per heavy atom. The monoisotopic (exact) mass is 481 g/mol. The highest BCUT2D eigenvalue weighted by atomic mass is 32.2. The van der Waals surface area contributed by atoms with E-state index in [1.807, 2.05) is 14.1 Å². The van der Waals surface area contributed by atoms with Gasteiger partial charge < -0.3 is 19.9 Å². The van der Waals surface area contributed by atoms with Crippen molar-refractivity contribution in [3.63, 3.8) is 0 Å². The molecule has 8 nitrogen and oxygen atoms in total. The van der Waals surface area contributed by atoms with Crippen molar-refractivity contribution in [2.24, 2.45) is 0 Å². The standard InChI is InChI=1S/C25H31N5O3S/c1-28(2)12-4-5-20-18-30(23-8-6-19(17-26)15-22(20)23)34(31,32)21-7-9-25(33-3)24(16-21)29-13-10-27-11-14-29/h6-9,15-16,18,27H,4-5,10-14H2,1-3H3. The van der Waals surface area contributed by atoms with E-state index in [0.29, 0.717) is 16.8 Å². The largest absolute Gasteiger partial charge is 0.495 e. The lowest BCUT2D eigenvalue weighted by molar-refractivity contribution is 0.400. The molecule has 0 atom stereocenters. The SMILES string of the molecule is COc1ccc(S(=O)(=O)n2cc(CCCN(C)C)c3cc(C#N)ccc32)cc1N1CCNCC1. The third kappa shape index (κ3) is 4.75. The van der Waals surface area contributed by atoms with E-state index in [1.54, 1.807) is 49.7 Å². The van der Waals surface area contributed by atoms with Crippen LogP contribution < -0.4 is 15.0 Å². The van der Waals surface area contributed by atoms with Gasteiger partial charge >= 0.3 is 0 Å². The fourth-order valence-electron chi connectivity index (χ4n) is 4.42. The Labute approximate surface area is 201 Å². The van der Waals surface area contributed by atoms with Gasteiger partial charge in [-0.15, -0.1) is 0 Å². The molecule has 0 spiro atoms. The van der Waals surface area contributed by atoms with Crippen LogP contribution >= 0.6 is 0 Å². The summed E-state index contributed by atoms with van der Waals surface area (Å²) >= 11 is 0. The van der Waals surface area contributed by atoms with Gasteiger partial charge in [-0.1, -0.05) is 0 Å². The molecule has 2 heterocycles. The zero-order valence-electron chi connectivity index (χ0n) is 19.9. The number of rotatable bonds is 8. The fourth-order valence-corrected chi connectivity index (χ4v) is 5.83. The number of nitrogens with one attached hydrogen (secondary N) is 1. The summed E-state index contributed by atoms with van der Waals surface area (Å²) in [5.41, 5.74) is 2.80. The Morgan fingerprint density at radius 1 is 1.15 bits per heavy atom. The molecule has 0 aliphatic carbocycles. The van der Waals surface area contributed by atoms with E-state index in [-0.39, 0.29) is 4.90 Å². The molecule has 1 saturated heterocycles. The molecule has 0 amide bonds. The molecule has 1 aliphatic heterocycles. The Kier molecular flexibility index (Phi) is 7.12. The minimum atomic E-state index is -3.87. The zero-order valence-corrected chi connectivity index (χ0v) is 20.7. The number of benzene rings is 2. The lowest BCUT2D eigenvalue weighted by Crippen LogP contribution is -2.43. The molecule has 34 heavy (non-hydrogen) atoms. The van der Waals surface area contributed by atoms with Crippen LogP contribution in [0.25, 0.3) is 10.9 Å². The van der Waals surface area contributed by atoms with Gasteiger partial charge in [-0.25, -0.2) is 12.4 Å². The van der Waals surface area contributed by atoms with Crippen molar-refractivity contribution in [3.8, 4) is 11.8 Å². The summed E-state index contributed by atoms with van der Waals surface area (Å²) in [6, 6.07) is 12.4. The second-order valence-electron chi connectivity index (χ2n) is 8.78. The van der Waals surface area contributed by atoms with Crippen LogP contribution in [0.2, 0.25) is 0 Å². The van der Waals surface area contributed by atoms with Crippen molar-refractivity contribution < 1.29 is 13.2 Å². The van der Waals surface area contributed by atoms with Gasteiger partial charge in [0.05, 0.1) is 34.8 Å². The summed E-state index contributed by atoms with van der Waals surface area (Å²) in [4.78, 5) is 4.46. The second kappa shape index (κ2) is 10.1. The Balaban J connectivity index is 1.79. The van der Waals surface area contributed by atoms with E-state index in [9.17, 15) is 13.7 Å². The quantitative estimate of drug-likeness (QED) is 0.529. The summed E-state index contributed by atoms with van der Waals surface area (Å²) in [5.74, 6) is 0.654. The smallest absolute Gasteiger partial charge is 0.268 e. The van der Waals surface area contributed by atoms with Crippen molar-refractivity contribution in [1.82, 2.24) is 14.2 Å². The van der Waals surface area contributed by atoms with Crippen LogP contribution in [0.15, 0.2) is 47.5 Å². The van der Waals surface area contributed by atoms with Gasteiger partial charge in [0.15, 0.2) is 0 Å². The first-order valence-corrected chi connectivity index (χ1v) is 12.9. The second-order valence-corrected chi connectivity index (χ2v) is 10.6. The first-order chi connectivity index (χ1) is 16.3. The Morgan fingerprint density at radius 3 is 2.59 bits per heavy atom. The molecule has 0 saturated carbocycles. The number of hydrogen-bond donors (Lipinski definition) is 1. The molecule has 180 valence electrons. The number of aryl methyl sites for hydroxylation is 1. The van der Waals surface area contributed by atoms with Crippen molar-refractivity contribution >= 4 is 26.6 Å². The molecular formula is C25H31N5O3S. The number of fused-ring (bicyclic) bond motifs is 1. The third-order valence-electron chi connectivity index (χ3n) is 6.20. The molecule has 1 fully saturated rings. The highest BCUT2D eigenvalue weighted by molar-refractivity contribution is 7.90. The van der Waals surface area contributed by atoms with Crippen LogP contribution in [0.1, 0.15) is 17.5 Å². The number of nitrogens with zero attached hydrogens (tertiary/aromatic N) is 4. The molecule has 1 aromatic heterocycles. The Hall–Kier alpha value is -3.06. The minimum absolute atomic E-state index is 0.211. The van der Waals surface area contributed by atoms with E-state index < -0.39 is 10.0 Å². The van der Waals surface area contributed by atoms with E-state index >= 15 is 0 Å². The van der Waals surface area contributed by atoms with Crippen molar-refractivity contribution in [2.45, 2.75) is 17.7 Å². The van der Waals surface area contributed by atoms with Gasteiger partial charge in [0, 0.05) is 37.8 Å². The van der Waals surface area contributed by atoms with Crippen LogP contribution in [-0.4, -0.2) is 71.2 Å². The summed E-state index contributed by atoms with van der Waals surface area (Å²) in [5, 5.41) is 13.5. The summed E-state index contributed by atoms with van der Waals surface area (Å²) in [7, 11) is 1.76. The van der Waals surface area contributed by atoms with Gasteiger partial charge in [0.2, 0.25) is 0 Å². The van der Waals surface area contributed by atoms with E-state index in [1.165, 1.54) is 3.97 Å². The van der Waals surface area contributed by atoms with Crippen molar-refractivity contribution in [3.05, 3.63) is 53.7 Å². The zero-order chi connectivity index (χ0) is 24.3.